The first kappa shape index (κ1) is 26.1. The Morgan fingerprint density at radius 3 is 2.47 bits per heavy atom. The summed E-state index contributed by atoms with van der Waals surface area (Å²) in [5, 5.41) is 40.3. The van der Waals surface area contributed by atoms with Gasteiger partial charge >= 0.3 is 11.9 Å². The minimum atomic E-state index is -1.67. The third kappa shape index (κ3) is 3.53. The lowest BCUT2D eigenvalue weighted by atomic mass is 9.53. The first-order valence-electron chi connectivity index (χ1n) is 13.3. The van der Waals surface area contributed by atoms with Gasteiger partial charge in [0.25, 0.3) is 0 Å². The van der Waals surface area contributed by atoms with Gasteiger partial charge in [-0.3, -0.25) is 9.59 Å². The molecule has 0 aromatic heterocycles. The van der Waals surface area contributed by atoms with Gasteiger partial charge in [-0.25, -0.2) is 0 Å². The SMILES string of the molecule is C=C1C[C@]23C[C@H]1CC[C@H]2[C@]1(C)CCC[C@@](C)(C(=O)O[C@@H]2O[C@H](CO)[C@@H](O)[C@H](O)[C@H]2O)[C@H]1[C@@H]3OC(C)=O. The topological polar surface area (TPSA) is 143 Å². The fourth-order valence-electron chi connectivity index (χ4n) is 9.15. The van der Waals surface area contributed by atoms with Crippen LogP contribution in [0.15, 0.2) is 12.2 Å². The molecular weight excluding hydrogens is 468 g/mol. The van der Waals surface area contributed by atoms with Crippen LogP contribution in [0.5, 0.6) is 0 Å². The monoisotopic (exact) mass is 508 g/mol. The summed E-state index contributed by atoms with van der Waals surface area (Å²) < 4.78 is 17.3. The molecule has 5 rings (SSSR count). The van der Waals surface area contributed by atoms with E-state index in [1.807, 2.05) is 6.92 Å². The smallest absolute Gasteiger partial charge is 0.314 e. The molecule has 5 aliphatic rings. The first-order valence-corrected chi connectivity index (χ1v) is 13.3. The quantitative estimate of drug-likeness (QED) is 0.328. The van der Waals surface area contributed by atoms with Crippen molar-refractivity contribution >= 4 is 11.9 Å². The van der Waals surface area contributed by atoms with Crippen molar-refractivity contribution in [3.05, 3.63) is 12.2 Å². The molecule has 1 heterocycles. The number of carbonyl (C=O) groups is 2. The molecule has 9 nitrogen and oxygen atoms in total. The third-order valence-electron chi connectivity index (χ3n) is 10.6. The molecule has 202 valence electrons. The number of hydrogen-bond acceptors (Lipinski definition) is 9. The largest absolute Gasteiger partial charge is 0.462 e. The van der Waals surface area contributed by atoms with Gasteiger partial charge < -0.3 is 34.6 Å². The predicted molar refractivity (Wildman–Crippen MR) is 126 cm³/mol. The zero-order valence-electron chi connectivity index (χ0n) is 21.4. The van der Waals surface area contributed by atoms with Crippen molar-refractivity contribution in [1.29, 1.82) is 0 Å². The summed E-state index contributed by atoms with van der Waals surface area (Å²) in [5.74, 6) is -0.560. The Morgan fingerprint density at radius 1 is 1.08 bits per heavy atom. The molecule has 1 spiro atoms. The van der Waals surface area contributed by atoms with Crippen LogP contribution in [0.1, 0.15) is 65.7 Å². The Balaban J connectivity index is 1.50. The molecule has 9 heteroatoms. The van der Waals surface area contributed by atoms with Crippen LogP contribution in [0.25, 0.3) is 0 Å². The van der Waals surface area contributed by atoms with Crippen LogP contribution >= 0.6 is 0 Å². The van der Waals surface area contributed by atoms with Crippen LogP contribution < -0.4 is 0 Å². The molecule has 1 saturated heterocycles. The minimum absolute atomic E-state index is 0.250. The molecular formula is C27H40O9. The molecule has 0 aromatic carbocycles. The van der Waals surface area contributed by atoms with E-state index in [-0.39, 0.29) is 28.6 Å². The lowest BCUT2D eigenvalue weighted by molar-refractivity contribution is -0.297. The van der Waals surface area contributed by atoms with Crippen LogP contribution in [0.3, 0.4) is 0 Å². The highest BCUT2D eigenvalue weighted by atomic mass is 16.7. The van der Waals surface area contributed by atoms with Crippen molar-refractivity contribution in [3.8, 4) is 0 Å². The molecule has 1 aliphatic heterocycles. The van der Waals surface area contributed by atoms with Gasteiger partial charge in [0.1, 0.15) is 30.5 Å². The molecule has 0 unspecified atom stereocenters. The molecule has 0 amide bonds. The molecule has 12 atom stereocenters. The number of fused-ring (bicyclic) bond motifs is 3. The van der Waals surface area contributed by atoms with Gasteiger partial charge in [0.2, 0.25) is 6.29 Å². The lowest BCUT2D eigenvalue weighted by Gasteiger charge is -2.51. The summed E-state index contributed by atoms with van der Waals surface area (Å²) in [6, 6.07) is 0. The molecule has 4 saturated carbocycles. The maximum absolute atomic E-state index is 13.9. The summed E-state index contributed by atoms with van der Waals surface area (Å²) in [5.41, 5.74) is -0.322. The van der Waals surface area contributed by atoms with Crippen molar-refractivity contribution in [2.24, 2.45) is 34.0 Å². The molecule has 0 radical (unpaired) electrons. The van der Waals surface area contributed by atoms with Gasteiger partial charge in [-0.1, -0.05) is 25.5 Å². The number of rotatable bonds is 4. The van der Waals surface area contributed by atoms with Crippen molar-refractivity contribution < 1.29 is 44.2 Å². The standard InChI is InChI=1S/C27H40O9/c1-13-10-27-11-15(13)6-7-17(27)25(3)8-5-9-26(4,21(25)22(27)34-14(2)29)24(33)36-23-20(32)19(31)18(30)16(12-28)35-23/h15-23,28,30-32H,1,5-12H2,2-4H3/t15-,16-,17+,18-,19+,20-,21+,22+,23+,25+,26-,27+/m1/s1. The fourth-order valence-corrected chi connectivity index (χ4v) is 9.15. The second-order valence-electron chi connectivity index (χ2n) is 12.5. The van der Waals surface area contributed by atoms with Gasteiger partial charge in [0, 0.05) is 18.3 Å². The van der Waals surface area contributed by atoms with Crippen LogP contribution in [-0.4, -0.2) is 75.8 Å². The van der Waals surface area contributed by atoms with Crippen LogP contribution in [0.2, 0.25) is 0 Å². The number of hydrogen-bond donors (Lipinski definition) is 4. The second-order valence-corrected chi connectivity index (χ2v) is 12.5. The predicted octanol–water partition coefficient (Wildman–Crippen LogP) is 1.45. The average Bonchev–Trinajstić information content (AvgIpc) is 3.19. The molecule has 36 heavy (non-hydrogen) atoms. The van der Waals surface area contributed by atoms with Crippen LogP contribution in [-0.2, 0) is 23.8 Å². The number of allylic oxidation sites excluding steroid dienone is 1. The molecule has 5 fully saturated rings. The van der Waals surface area contributed by atoms with E-state index < -0.39 is 54.8 Å². The van der Waals surface area contributed by atoms with E-state index in [4.69, 9.17) is 14.2 Å². The minimum Gasteiger partial charge on any atom is -0.462 e. The maximum Gasteiger partial charge on any atom is 0.314 e. The summed E-state index contributed by atoms with van der Waals surface area (Å²) in [7, 11) is 0. The maximum atomic E-state index is 13.9. The van der Waals surface area contributed by atoms with E-state index in [0.29, 0.717) is 12.3 Å². The summed E-state index contributed by atoms with van der Waals surface area (Å²) in [4.78, 5) is 26.3. The Kier molecular flexibility index (Phi) is 6.35. The van der Waals surface area contributed by atoms with E-state index in [1.54, 1.807) is 0 Å². The average molecular weight is 509 g/mol. The van der Waals surface area contributed by atoms with Gasteiger partial charge in [0.05, 0.1) is 12.0 Å². The van der Waals surface area contributed by atoms with Crippen molar-refractivity contribution in [2.45, 2.75) is 103 Å². The Hall–Kier alpha value is -1.52. The van der Waals surface area contributed by atoms with E-state index in [2.05, 4.69) is 13.5 Å². The summed E-state index contributed by atoms with van der Waals surface area (Å²) in [6.07, 6.45) is -1.99. The molecule has 4 N–H and O–H groups in total. The van der Waals surface area contributed by atoms with Crippen molar-refractivity contribution in [2.75, 3.05) is 6.61 Å². The highest BCUT2D eigenvalue weighted by Gasteiger charge is 2.75. The first-order chi connectivity index (χ1) is 16.9. The van der Waals surface area contributed by atoms with E-state index in [9.17, 15) is 30.0 Å². The lowest BCUT2D eigenvalue weighted by Crippen LogP contribution is -2.60. The second kappa shape index (κ2) is 8.76. The van der Waals surface area contributed by atoms with Gasteiger partial charge in [-0.2, -0.15) is 0 Å². The molecule has 2 bridgehead atoms. The zero-order valence-corrected chi connectivity index (χ0v) is 21.4. The van der Waals surface area contributed by atoms with E-state index in [1.165, 1.54) is 12.5 Å². The van der Waals surface area contributed by atoms with Gasteiger partial charge in [-0.15, -0.1) is 0 Å². The number of esters is 2. The molecule has 0 aromatic rings. The highest BCUT2D eigenvalue weighted by Crippen LogP contribution is 2.76. The number of aliphatic hydroxyl groups excluding tert-OH is 4. The summed E-state index contributed by atoms with van der Waals surface area (Å²) in [6.45, 7) is 9.24. The zero-order chi connectivity index (χ0) is 26.2. The highest BCUT2D eigenvalue weighted by molar-refractivity contribution is 5.78. The number of aliphatic hydroxyl groups is 4. The van der Waals surface area contributed by atoms with Crippen LogP contribution in [0.4, 0.5) is 0 Å². The van der Waals surface area contributed by atoms with Crippen molar-refractivity contribution in [1.82, 2.24) is 0 Å². The summed E-state index contributed by atoms with van der Waals surface area (Å²) >= 11 is 0. The Labute approximate surface area is 211 Å². The normalized spacial score (nSPS) is 51.9. The fraction of sp³-hybridized carbons (Fsp3) is 0.852. The third-order valence-corrected chi connectivity index (χ3v) is 10.6. The van der Waals surface area contributed by atoms with Crippen molar-refractivity contribution in [3.63, 3.8) is 0 Å². The van der Waals surface area contributed by atoms with Gasteiger partial charge in [0.15, 0.2) is 0 Å². The van der Waals surface area contributed by atoms with Crippen LogP contribution in [0, 0.1) is 34.0 Å². The number of ether oxygens (including phenoxy) is 3. The number of carbonyl (C=O) groups excluding carboxylic acids is 2. The Morgan fingerprint density at radius 2 is 1.81 bits per heavy atom. The van der Waals surface area contributed by atoms with E-state index >= 15 is 0 Å². The molecule has 4 aliphatic carbocycles. The van der Waals surface area contributed by atoms with E-state index in [0.717, 1.165) is 38.5 Å². The Bertz CT molecular complexity index is 934. The van der Waals surface area contributed by atoms with Gasteiger partial charge in [-0.05, 0) is 62.7 Å².